The van der Waals surface area contributed by atoms with Gasteiger partial charge >= 0.3 is 5.97 Å². The molecule has 1 rings (SSSR count). The molecule has 90 valence electrons. The number of hydrogen-bond donors (Lipinski definition) is 0. The van der Waals surface area contributed by atoms with Crippen LogP contribution in [0.2, 0.25) is 0 Å². The third-order valence-electron chi connectivity index (χ3n) is 1.74. The number of para-hydroxylation sites is 2. The molecule has 1 aromatic rings. The number of nitro benzene ring substituents is 1. The van der Waals surface area contributed by atoms with Crippen molar-refractivity contribution in [3.05, 3.63) is 34.4 Å². The molecule has 17 heavy (non-hydrogen) atoms. The highest BCUT2D eigenvalue weighted by molar-refractivity contribution is 6.82. The molecular formula is C10H9ClN2O4. The van der Waals surface area contributed by atoms with Gasteiger partial charge in [-0.3, -0.25) is 10.1 Å². The Hall–Kier alpha value is -1.95. The molecule has 0 atom stereocenters. The van der Waals surface area contributed by atoms with Gasteiger partial charge < -0.3 is 4.74 Å². The van der Waals surface area contributed by atoms with E-state index in [0.717, 1.165) is 0 Å². The van der Waals surface area contributed by atoms with Crippen molar-refractivity contribution in [3.8, 4) is 0 Å². The Labute approximate surface area is 102 Å². The SMILES string of the molecule is CCOC(=O)C(Cl)=Nc1ccccc1[N+](=O)[O-]. The molecule has 6 nitrogen and oxygen atoms in total. The molecule has 0 N–H and O–H groups in total. The molecule has 0 spiro atoms. The Morgan fingerprint density at radius 2 is 2.18 bits per heavy atom. The van der Waals surface area contributed by atoms with E-state index in [1.165, 1.54) is 18.2 Å². The zero-order chi connectivity index (χ0) is 12.8. The van der Waals surface area contributed by atoms with Gasteiger partial charge in [0.2, 0.25) is 5.17 Å². The summed E-state index contributed by atoms with van der Waals surface area (Å²) in [4.78, 5) is 24.9. The number of esters is 1. The maximum Gasteiger partial charge on any atom is 0.368 e. The lowest BCUT2D eigenvalue weighted by Crippen LogP contribution is -2.11. The van der Waals surface area contributed by atoms with E-state index < -0.39 is 16.1 Å². The van der Waals surface area contributed by atoms with Crippen LogP contribution in [0.3, 0.4) is 0 Å². The molecule has 0 aliphatic heterocycles. The summed E-state index contributed by atoms with van der Waals surface area (Å²) < 4.78 is 4.60. The predicted octanol–water partition coefficient (Wildman–Crippen LogP) is 2.43. The van der Waals surface area contributed by atoms with E-state index in [1.807, 2.05) is 0 Å². The van der Waals surface area contributed by atoms with E-state index in [-0.39, 0.29) is 18.0 Å². The number of ether oxygens (including phenoxy) is 1. The second kappa shape index (κ2) is 5.95. The largest absolute Gasteiger partial charge is 0.461 e. The summed E-state index contributed by atoms with van der Waals surface area (Å²) in [5.41, 5.74) is -0.217. The van der Waals surface area contributed by atoms with Crippen molar-refractivity contribution in [2.75, 3.05) is 6.61 Å². The van der Waals surface area contributed by atoms with Crippen LogP contribution in [0, 0.1) is 10.1 Å². The summed E-state index contributed by atoms with van der Waals surface area (Å²) in [6.45, 7) is 1.77. The lowest BCUT2D eigenvalue weighted by Gasteiger charge is -1.99. The minimum atomic E-state index is -0.813. The summed E-state index contributed by atoms with van der Waals surface area (Å²) in [5.74, 6) is -0.813. The number of carbonyl (C=O) groups is 1. The summed E-state index contributed by atoms with van der Waals surface area (Å²) in [6.07, 6.45) is 0. The zero-order valence-corrected chi connectivity index (χ0v) is 9.68. The van der Waals surface area contributed by atoms with E-state index >= 15 is 0 Å². The molecule has 0 heterocycles. The number of nitro groups is 1. The normalized spacial score (nSPS) is 11.1. The van der Waals surface area contributed by atoms with Gasteiger partial charge in [-0.2, -0.15) is 0 Å². The van der Waals surface area contributed by atoms with Crippen LogP contribution in [0.25, 0.3) is 0 Å². The molecule has 0 fully saturated rings. The summed E-state index contributed by atoms with van der Waals surface area (Å²) in [6, 6.07) is 5.71. The highest BCUT2D eigenvalue weighted by Crippen LogP contribution is 2.26. The quantitative estimate of drug-likeness (QED) is 0.358. The lowest BCUT2D eigenvalue weighted by molar-refractivity contribution is -0.384. The topological polar surface area (TPSA) is 81.8 Å². The van der Waals surface area contributed by atoms with E-state index in [4.69, 9.17) is 11.6 Å². The third kappa shape index (κ3) is 3.53. The zero-order valence-electron chi connectivity index (χ0n) is 8.92. The second-order valence-electron chi connectivity index (χ2n) is 2.87. The molecule has 7 heteroatoms. The first kappa shape index (κ1) is 13.1. The standard InChI is InChI=1S/C10H9ClN2O4/c1-2-17-10(14)9(11)12-7-5-3-4-6-8(7)13(15)16/h3-6H,2H2,1H3. The molecule has 0 bridgehead atoms. The fourth-order valence-electron chi connectivity index (χ4n) is 1.06. The average Bonchev–Trinajstić information content (AvgIpc) is 2.29. The van der Waals surface area contributed by atoms with Crippen molar-refractivity contribution >= 4 is 34.1 Å². The summed E-state index contributed by atoms with van der Waals surface area (Å²) >= 11 is 5.57. The monoisotopic (exact) mass is 256 g/mol. The van der Waals surface area contributed by atoms with E-state index in [0.29, 0.717) is 0 Å². The van der Waals surface area contributed by atoms with E-state index in [2.05, 4.69) is 9.73 Å². The van der Waals surface area contributed by atoms with Crippen LogP contribution < -0.4 is 0 Å². The number of benzene rings is 1. The number of rotatable bonds is 4. The van der Waals surface area contributed by atoms with Gasteiger partial charge in [-0.15, -0.1) is 0 Å². The van der Waals surface area contributed by atoms with Crippen LogP contribution in [0.4, 0.5) is 11.4 Å². The Kier molecular flexibility index (Phi) is 4.59. The van der Waals surface area contributed by atoms with Crippen LogP contribution in [-0.4, -0.2) is 22.7 Å². The number of nitrogens with zero attached hydrogens (tertiary/aromatic N) is 2. The Morgan fingerprint density at radius 3 is 2.76 bits per heavy atom. The lowest BCUT2D eigenvalue weighted by atomic mass is 10.3. The van der Waals surface area contributed by atoms with Crippen LogP contribution >= 0.6 is 11.6 Å². The molecular weight excluding hydrogens is 248 g/mol. The number of hydrogen-bond acceptors (Lipinski definition) is 5. The van der Waals surface area contributed by atoms with Crippen LogP contribution in [0.1, 0.15) is 6.92 Å². The molecule has 0 saturated carbocycles. The minimum absolute atomic E-state index is 0.00977. The first-order valence-corrected chi connectivity index (χ1v) is 5.08. The highest BCUT2D eigenvalue weighted by atomic mass is 35.5. The number of halogens is 1. The van der Waals surface area contributed by atoms with Crippen molar-refractivity contribution in [2.24, 2.45) is 4.99 Å². The highest BCUT2D eigenvalue weighted by Gasteiger charge is 2.15. The van der Waals surface area contributed by atoms with E-state index in [9.17, 15) is 14.9 Å². The van der Waals surface area contributed by atoms with Gasteiger partial charge in [0.25, 0.3) is 5.69 Å². The molecule has 1 aromatic carbocycles. The molecule has 0 amide bonds. The average molecular weight is 257 g/mol. The van der Waals surface area contributed by atoms with Crippen molar-refractivity contribution in [2.45, 2.75) is 6.92 Å². The number of carbonyl (C=O) groups excluding carboxylic acids is 1. The van der Waals surface area contributed by atoms with Gasteiger partial charge in [-0.05, 0) is 13.0 Å². The first-order chi connectivity index (χ1) is 8.06. The molecule has 0 unspecified atom stereocenters. The van der Waals surface area contributed by atoms with Crippen molar-refractivity contribution in [1.29, 1.82) is 0 Å². The van der Waals surface area contributed by atoms with Crippen LogP contribution in [-0.2, 0) is 9.53 Å². The van der Waals surface area contributed by atoms with E-state index in [1.54, 1.807) is 13.0 Å². The molecule has 0 radical (unpaired) electrons. The maximum atomic E-state index is 11.2. The first-order valence-electron chi connectivity index (χ1n) is 4.71. The number of aliphatic imine (C=N–C) groups is 1. The molecule has 0 aliphatic rings. The Balaban J connectivity index is 3.05. The van der Waals surface area contributed by atoms with Gasteiger partial charge in [0.1, 0.15) is 5.69 Å². The minimum Gasteiger partial charge on any atom is -0.461 e. The summed E-state index contributed by atoms with van der Waals surface area (Å²) in [5, 5.41) is 10.2. The van der Waals surface area contributed by atoms with Crippen molar-refractivity contribution in [1.82, 2.24) is 0 Å². The third-order valence-corrected chi connectivity index (χ3v) is 1.98. The Bertz CT molecular complexity index is 473. The van der Waals surface area contributed by atoms with Gasteiger partial charge in [-0.1, -0.05) is 23.7 Å². The van der Waals surface area contributed by atoms with Crippen LogP contribution in [0.15, 0.2) is 29.3 Å². The van der Waals surface area contributed by atoms with Gasteiger partial charge in [0.15, 0.2) is 0 Å². The van der Waals surface area contributed by atoms with Gasteiger partial charge in [0.05, 0.1) is 11.5 Å². The van der Waals surface area contributed by atoms with Gasteiger partial charge in [0, 0.05) is 6.07 Å². The molecule has 0 aromatic heterocycles. The Morgan fingerprint density at radius 1 is 1.53 bits per heavy atom. The fourth-order valence-corrected chi connectivity index (χ4v) is 1.20. The van der Waals surface area contributed by atoms with Crippen LogP contribution in [0.5, 0.6) is 0 Å². The molecule has 0 aliphatic carbocycles. The van der Waals surface area contributed by atoms with Crippen molar-refractivity contribution < 1.29 is 14.5 Å². The predicted molar refractivity (Wildman–Crippen MR) is 62.7 cm³/mol. The summed E-state index contributed by atoms with van der Waals surface area (Å²) in [7, 11) is 0. The molecule has 0 saturated heterocycles. The van der Waals surface area contributed by atoms with Gasteiger partial charge in [-0.25, -0.2) is 9.79 Å². The maximum absolute atomic E-state index is 11.2. The fraction of sp³-hybridized carbons (Fsp3) is 0.200. The smallest absolute Gasteiger partial charge is 0.368 e. The van der Waals surface area contributed by atoms with Crippen molar-refractivity contribution in [3.63, 3.8) is 0 Å². The second-order valence-corrected chi connectivity index (χ2v) is 3.23.